The normalized spacial score (nSPS) is 19.3. The van der Waals surface area contributed by atoms with Gasteiger partial charge in [0.05, 0.1) is 13.3 Å². The van der Waals surface area contributed by atoms with Crippen LogP contribution >= 0.6 is 0 Å². The van der Waals surface area contributed by atoms with Crippen molar-refractivity contribution >= 4 is 11.8 Å². The summed E-state index contributed by atoms with van der Waals surface area (Å²) in [5.41, 5.74) is 1.75. The highest BCUT2D eigenvalue weighted by molar-refractivity contribution is 5.96. The number of carbonyl (C=O) groups is 2. The van der Waals surface area contributed by atoms with Crippen LogP contribution in [0.5, 0.6) is 5.88 Å². The van der Waals surface area contributed by atoms with E-state index in [1.807, 2.05) is 6.92 Å². The maximum absolute atomic E-state index is 12.2. The van der Waals surface area contributed by atoms with Crippen LogP contribution in [-0.4, -0.2) is 51.9 Å². The summed E-state index contributed by atoms with van der Waals surface area (Å²) in [6.07, 6.45) is 4.94. The number of aromatic amines is 2. The standard InChI is InChI=1S/C17H24N6O3/c1-3-11-7-14(22-21-11)16(25)20-12-5-4-10(6-12)8-18-15(24)13-9-19-23-17(13)26-2/h7,9-10,12H,3-6,8H2,1-2H3,(H,18,24)(H,19,23)(H,20,25)(H,21,22). The van der Waals surface area contributed by atoms with Gasteiger partial charge in [0, 0.05) is 18.3 Å². The average molecular weight is 360 g/mol. The third kappa shape index (κ3) is 4.04. The number of carbonyl (C=O) groups excluding carboxylic acids is 2. The molecule has 0 bridgehead atoms. The lowest BCUT2D eigenvalue weighted by molar-refractivity contribution is 0.0922. The average Bonchev–Trinajstić information content (AvgIpc) is 3.38. The zero-order valence-electron chi connectivity index (χ0n) is 15.0. The first-order valence-electron chi connectivity index (χ1n) is 8.81. The lowest BCUT2D eigenvalue weighted by Crippen LogP contribution is -2.34. The molecule has 140 valence electrons. The van der Waals surface area contributed by atoms with Crippen LogP contribution in [0.4, 0.5) is 0 Å². The molecule has 2 amide bonds. The Morgan fingerprint density at radius 1 is 1.31 bits per heavy atom. The molecular formula is C17H24N6O3. The SMILES string of the molecule is CCc1cc(C(=O)NC2CCC(CNC(=O)c3cn[nH]c3OC)C2)n[nH]1. The maximum Gasteiger partial charge on any atom is 0.271 e. The fourth-order valence-electron chi connectivity index (χ4n) is 3.23. The second kappa shape index (κ2) is 8.03. The molecule has 0 aliphatic heterocycles. The highest BCUT2D eigenvalue weighted by Crippen LogP contribution is 2.25. The Labute approximate surface area is 151 Å². The van der Waals surface area contributed by atoms with Crippen molar-refractivity contribution in [1.82, 2.24) is 31.0 Å². The molecule has 0 aromatic carbocycles. The fourth-order valence-corrected chi connectivity index (χ4v) is 3.23. The van der Waals surface area contributed by atoms with Crippen molar-refractivity contribution in [3.63, 3.8) is 0 Å². The van der Waals surface area contributed by atoms with E-state index in [-0.39, 0.29) is 17.9 Å². The van der Waals surface area contributed by atoms with Gasteiger partial charge in [0.25, 0.3) is 11.8 Å². The van der Waals surface area contributed by atoms with E-state index in [2.05, 4.69) is 31.0 Å². The largest absolute Gasteiger partial charge is 0.481 e. The molecular weight excluding hydrogens is 336 g/mol. The van der Waals surface area contributed by atoms with Gasteiger partial charge in [0.2, 0.25) is 5.88 Å². The van der Waals surface area contributed by atoms with Gasteiger partial charge >= 0.3 is 0 Å². The van der Waals surface area contributed by atoms with Crippen LogP contribution < -0.4 is 15.4 Å². The zero-order chi connectivity index (χ0) is 18.5. The summed E-state index contributed by atoms with van der Waals surface area (Å²) < 4.78 is 5.06. The monoisotopic (exact) mass is 360 g/mol. The Hall–Kier alpha value is -2.84. The van der Waals surface area contributed by atoms with Crippen molar-refractivity contribution in [3.8, 4) is 5.88 Å². The van der Waals surface area contributed by atoms with E-state index >= 15 is 0 Å². The minimum absolute atomic E-state index is 0.106. The van der Waals surface area contributed by atoms with E-state index in [0.717, 1.165) is 31.4 Å². The molecule has 0 saturated heterocycles. The van der Waals surface area contributed by atoms with Crippen LogP contribution in [0.2, 0.25) is 0 Å². The molecule has 9 heteroatoms. The third-order valence-corrected chi connectivity index (χ3v) is 4.73. The molecule has 1 aliphatic carbocycles. The molecule has 2 unspecified atom stereocenters. The molecule has 2 aromatic rings. The Balaban J connectivity index is 1.45. The molecule has 2 atom stereocenters. The van der Waals surface area contributed by atoms with Crippen LogP contribution in [0.15, 0.2) is 12.3 Å². The van der Waals surface area contributed by atoms with Gasteiger partial charge in [-0.2, -0.15) is 10.2 Å². The van der Waals surface area contributed by atoms with Crippen molar-refractivity contribution in [2.45, 2.75) is 38.6 Å². The van der Waals surface area contributed by atoms with Gasteiger partial charge in [-0.3, -0.25) is 14.7 Å². The Kier molecular flexibility index (Phi) is 5.55. The quantitative estimate of drug-likeness (QED) is 0.587. The molecule has 1 aliphatic rings. The van der Waals surface area contributed by atoms with Gasteiger partial charge in [-0.1, -0.05) is 6.92 Å². The van der Waals surface area contributed by atoms with Crippen LogP contribution in [-0.2, 0) is 6.42 Å². The molecule has 3 rings (SSSR count). The molecule has 9 nitrogen and oxygen atoms in total. The van der Waals surface area contributed by atoms with Crippen LogP contribution in [0, 0.1) is 5.92 Å². The Morgan fingerprint density at radius 3 is 2.88 bits per heavy atom. The van der Waals surface area contributed by atoms with E-state index < -0.39 is 0 Å². The summed E-state index contributed by atoms with van der Waals surface area (Å²) in [7, 11) is 1.48. The van der Waals surface area contributed by atoms with Crippen molar-refractivity contribution in [1.29, 1.82) is 0 Å². The predicted octanol–water partition coefficient (Wildman–Crippen LogP) is 1.03. The number of methoxy groups -OCH3 is 1. The molecule has 26 heavy (non-hydrogen) atoms. The van der Waals surface area contributed by atoms with Crippen molar-refractivity contribution in [2.75, 3.05) is 13.7 Å². The smallest absolute Gasteiger partial charge is 0.271 e. The third-order valence-electron chi connectivity index (χ3n) is 4.73. The Bertz CT molecular complexity index is 768. The second-order valence-electron chi connectivity index (χ2n) is 6.51. The summed E-state index contributed by atoms with van der Waals surface area (Å²) in [4.78, 5) is 24.4. The van der Waals surface area contributed by atoms with Gasteiger partial charge in [-0.25, -0.2) is 5.10 Å². The van der Waals surface area contributed by atoms with Crippen molar-refractivity contribution < 1.29 is 14.3 Å². The first-order chi connectivity index (χ1) is 12.6. The number of aryl methyl sites for hydroxylation is 1. The summed E-state index contributed by atoms with van der Waals surface area (Å²) in [6, 6.07) is 1.88. The number of nitrogens with zero attached hydrogens (tertiary/aromatic N) is 2. The summed E-state index contributed by atoms with van der Waals surface area (Å²) in [5, 5.41) is 19.3. The highest BCUT2D eigenvalue weighted by atomic mass is 16.5. The maximum atomic E-state index is 12.2. The minimum atomic E-state index is -0.216. The number of nitrogens with one attached hydrogen (secondary N) is 4. The van der Waals surface area contributed by atoms with E-state index in [9.17, 15) is 9.59 Å². The summed E-state index contributed by atoms with van der Waals surface area (Å²) in [5.74, 6) is 0.308. The fraction of sp³-hybridized carbons (Fsp3) is 0.529. The van der Waals surface area contributed by atoms with E-state index in [4.69, 9.17) is 4.74 Å². The molecule has 0 spiro atoms. The first kappa shape index (κ1) is 18.0. The van der Waals surface area contributed by atoms with Crippen molar-refractivity contribution in [2.24, 2.45) is 5.92 Å². The van der Waals surface area contributed by atoms with E-state index in [1.54, 1.807) is 6.07 Å². The van der Waals surface area contributed by atoms with Gasteiger partial charge in [0.1, 0.15) is 11.3 Å². The molecule has 0 radical (unpaired) electrons. The second-order valence-corrected chi connectivity index (χ2v) is 6.51. The lowest BCUT2D eigenvalue weighted by atomic mass is 10.1. The predicted molar refractivity (Wildman–Crippen MR) is 94.0 cm³/mol. The van der Waals surface area contributed by atoms with Crippen LogP contribution in [0.1, 0.15) is 52.7 Å². The highest BCUT2D eigenvalue weighted by Gasteiger charge is 2.27. The topological polar surface area (TPSA) is 125 Å². The lowest BCUT2D eigenvalue weighted by Gasteiger charge is -2.13. The number of hydrogen-bond donors (Lipinski definition) is 4. The van der Waals surface area contributed by atoms with Gasteiger partial charge in [0.15, 0.2) is 0 Å². The minimum Gasteiger partial charge on any atom is -0.481 e. The van der Waals surface area contributed by atoms with Crippen LogP contribution in [0.3, 0.4) is 0 Å². The van der Waals surface area contributed by atoms with Gasteiger partial charge < -0.3 is 15.4 Å². The molecule has 2 aromatic heterocycles. The van der Waals surface area contributed by atoms with Crippen LogP contribution in [0.25, 0.3) is 0 Å². The molecule has 1 fully saturated rings. The number of rotatable bonds is 7. The number of hydrogen-bond acceptors (Lipinski definition) is 5. The first-order valence-corrected chi connectivity index (χ1v) is 8.81. The van der Waals surface area contributed by atoms with E-state index in [0.29, 0.717) is 29.6 Å². The molecule has 2 heterocycles. The summed E-state index contributed by atoms with van der Waals surface area (Å²) >= 11 is 0. The number of ether oxygens (including phenoxy) is 1. The Morgan fingerprint density at radius 2 is 2.15 bits per heavy atom. The van der Waals surface area contributed by atoms with E-state index in [1.165, 1.54) is 13.3 Å². The van der Waals surface area contributed by atoms with Gasteiger partial charge in [-0.15, -0.1) is 0 Å². The number of aromatic nitrogens is 4. The molecule has 1 saturated carbocycles. The zero-order valence-corrected chi connectivity index (χ0v) is 15.0. The number of amides is 2. The van der Waals surface area contributed by atoms with Crippen molar-refractivity contribution in [3.05, 3.63) is 29.2 Å². The summed E-state index contributed by atoms with van der Waals surface area (Å²) in [6.45, 7) is 2.56. The molecule has 4 N–H and O–H groups in total. The van der Waals surface area contributed by atoms with Gasteiger partial charge in [-0.05, 0) is 37.7 Å². The number of H-pyrrole nitrogens is 2.